The summed E-state index contributed by atoms with van der Waals surface area (Å²) in [6, 6.07) is 8.59. The van der Waals surface area contributed by atoms with E-state index < -0.39 is 0 Å². The number of imidazole rings is 1. The van der Waals surface area contributed by atoms with Crippen LogP contribution in [0.1, 0.15) is 18.7 Å². The van der Waals surface area contributed by atoms with Gasteiger partial charge in [0.05, 0.1) is 18.3 Å². The molecule has 1 unspecified atom stereocenters. The molecule has 2 aromatic rings. The van der Waals surface area contributed by atoms with Crippen LogP contribution >= 0.6 is 11.8 Å². The third kappa shape index (κ3) is 3.55. The number of methoxy groups -OCH3 is 1. The van der Waals surface area contributed by atoms with Gasteiger partial charge in [-0.2, -0.15) is 0 Å². The lowest BCUT2D eigenvalue weighted by molar-refractivity contribution is 0.163. The van der Waals surface area contributed by atoms with Crippen molar-refractivity contribution in [2.24, 2.45) is 0 Å². The van der Waals surface area contributed by atoms with Gasteiger partial charge >= 0.3 is 0 Å². The lowest BCUT2D eigenvalue weighted by Gasteiger charge is -2.16. The maximum Gasteiger partial charge on any atom is 0.207 e. The molecule has 0 radical (unpaired) electrons. The number of ether oxygens (including phenoxy) is 1. The van der Waals surface area contributed by atoms with Gasteiger partial charge in [-0.25, -0.2) is 4.98 Å². The second-order valence-corrected chi connectivity index (χ2v) is 5.65. The molecule has 0 bridgehead atoms. The molecule has 5 heteroatoms. The fourth-order valence-electron chi connectivity index (χ4n) is 2.07. The third-order valence-corrected chi connectivity index (χ3v) is 3.83. The maximum atomic E-state index is 5.22. The number of benzene rings is 1. The molecule has 1 atom stereocenters. The van der Waals surface area contributed by atoms with Gasteiger partial charge in [0.2, 0.25) is 5.95 Å². The van der Waals surface area contributed by atoms with Crippen LogP contribution in [0.5, 0.6) is 0 Å². The molecule has 0 fully saturated rings. The molecule has 1 aromatic heterocycles. The van der Waals surface area contributed by atoms with Crippen molar-refractivity contribution in [2.45, 2.75) is 24.8 Å². The van der Waals surface area contributed by atoms with Gasteiger partial charge in [0.15, 0.2) is 0 Å². The van der Waals surface area contributed by atoms with Gasteiger partial charge in [-0.3, -0.25) is 0 Å². The SMILES string of the molecule is COCC(C)n1cc(C)nc1Nc1ccc(SC)cc1. The number of thioether (sulfide) groups is 1. The molecule has 0 amide bonds. The van der Waals surface area contributed by atoms with Crippen LogP contribution in [-0.4, -0.2) is 29.5 Å². The highest BCUT2D eigenvalue weighted by Gasteiger charge is 2.11. The molecule has 108 valence electrons. The van der Waals surface area contributed by atoms with Crippen LogP contribution < -0.4 is 5.32 Å². The fraction of sp³-hybridized carbons (Fsp3) is 0.400. The molecule has 0 spiro atoms. The highest BCUT2D eigenvalue weighted by Crippen LogP contribution is 2.23. The summed E-state index contributed by atoms with van der Waals surface area (Å²) < 4.78 is 7.34. The minimum absolute atomic E-state index is 0.245. The quantitative estimate of drug-likeness (QED) is 0.820. The lowest BCUT2D eigenvalue weighted by atomic mass is 10.3. The summed E-state index contributed by atoms with van der Waals surface area (Å²) in [5.74, 6) is 0.851. The summed E-state index contributed by atoms with van der Waals surface area (Å²) in [5.41, 5.74) is 2.04. The standard InChI is InChI=1S/C15H21N3OS/c1-11-9-18(12(2)10-19-3)15(16-11)17-13-5-7-14(20-4)8-6-13/h5-9,12H,10H2,1-4H3,(H,16,17). The predicted octanol–water partition coefficient (Wildman–Crippen LogP) is 3.86. The summed E-state index contributed by atoms with van der Waals surface area (Å²) >= 11 is 1.74. The van der Waals surface area contributed by atoms with Crippen molar-refractivity contribution in [3.63, 3.8) is 0 Å². The molecule has 0 saturated heterocycles. The Morgan fingerprint density at radius 2 is 2.05 bits per heavy atom. The zero-order valence-corrected chi connectivity index (χ0v) is 13.2. The number of nitrogens with one attached hydrogen (secondary N) is 1. The molecule has 0 saturated carbocycles. The van der Waals surface area contributed by atoms with E-state index in [4.69, 9.17) is 4.74 Å². The first-order chi connectivity index (χ1) is 9.63. The number of aromatic nitrogens is 2. The molecular formula is C15H21N3OS. The number of anilines is 2. The maximum absolute atomic E-state index is 5.22. The van der Waals surface area contributed by atoms with Crippen LogP contribution in [0.2, 0.25) is 0 Å². The van der Waals surface area contributed by atoms with E-state index >= 15 is 0 Å². The van der Waals surface area contributed by atoms with E-state index in [1.807, 2.05) is 13.1 Å². The van der Waals surface area contributed by atoms with E-state index in [9.17, 15) is 0 Å². The molecule has 2 rings (SSSR count). The number of rotatable bonds is 6. The molecular weight excluding hydrogens is 270 g/mol. The van der Waals surface area contributed by atoms with Gasteiger partial charge in [-0.15, -0.1) is 11.8 Å². The van der Waals surface area contributed by atoms with Crippen molar-refractivity contribution in [1.29, 1.82) is 0 Å². The van der Waals surface area contributed by atoms with Crippen molar-refractivity contribution in [1.82, 2.24) is 9.55 Å². The topological polar surface area (TPSA) is 39.1 Å². The second kappa shape index (κ2) is 6.81. The minimum atomic E-state index is 0.245. The Kier molecular flexibility index (Phi) is 5.09. The van der Waals surface area contributed by atoms with Gasteiger partial charge in [0.1, 0.15) is 0 Å². The Morgan fingerprint density at radius 1 is 1.35 bits per heavy atom. The van der Waals surface area contributed by atoms with Crippen LogP contribution in [-0.2, 0) is 4.74 Å². The van der Waals surface area contributed by atoms with E-state index in [1.165, 1.54) is 4.90 Å². The molecule has 4 nitrogen and oxygen atoms in total. The van der Waals surface area contributed by atoms with Gasteiger partial charge in [-0.05, 0) is 44.4 Å². The van der Waals surface area contributed by atoms with Crippen LogP contribution in [0.25, 0.3) is 0 Å². The number of hydrogen-bond acceptors (Lipinski definition) is 4. The average Bonchev–Trinajstić information content (AvgIpc) is 2.81. The third-order valence-electron chi connectivity index (χ3n) is 3.08. The van der Waals surface area contributed by atoms with Crippen LogP contribution in [0.4, 0.5) is 11.6 Å². The summed E-state index contributed by atoms with van der Waals surface area (Å²) in [7, 11) is 1.72. The summed E-state index contributed by atoms with van der Waals surface area (Å²) in [5, 5.41) is 3.37. The zero-order valence-electron chi connectivity index (χ0n) is 12.4. The molecule has 20 heavy (non-hydrogen) atoms. The van der Waals surface area contributed by atoms with E-state index in [0.29, 0.717) is 6.61 Å². The van der Waals surface area contributed by atoms with E-state index in [1.54, 1.807) is 18.9 Å². The normalized spacial score (nSPS) is 12.4. The monoisotopic (exact) mass is 291 g/mol. The van der Waals surface area contributed by atoms with Crippen LogP contribution in [0, 0.1) is 6.92 Å². The Balaban J connectivity index is 2.19. The molecule has 1 N–H and O–H groups in total. The largest absolute Gasteiger partial charge is 0.383 e. The Hall–Kier alpha value is -1.46. The lowest BCUT2D eigenvalue weighted by Crippen LogP contribution is -2.12. The van der Waals surface area contributed by atoms with Crippen molar-refractivity contribution < 1.29 is 4.74 Å². The highest BCUT2D eigenvalue weighted by molar-refractivity contribution is 7.98. The van der Waals surface area contributed by atoms with Gasteiger partial charge in [-0.1, -0.05) is 0 Å². The average molecular weight is 291 g/mol. The Morgan fingerprint density at radius 3 is 2.65 bits per heavy atom. The molecule has 1 aromatic carbocycles. The first-order valence-corrected chi connectivity index (χ1v) is 7.82. The second-order valence-electron chi connectivity index (χ2n) is 4.77. The molecule has 1 heterocycles. The van der Waals surface area contributed by atoms with E-state index in [2.05, 4.69) is 52.3 Å². The van der Waals surface area contributed by atoms with E-state index in [-0.39, 0.29) is 6.04 Å². The van der Waals surface area contributed by atoms with E-state index in [0.717, 1.165) is 17.3 Å². The fourth-order valence-corrected chi connectivity index (χ4v) is 2.48. The van der Waals surface area contributed by atoms with Crippen LogP contribution in [0.15, 0.2) is 35.4 Å². The highest BCUT2D eigenvalue weighted by atomic mass is 32.2. The molecule has 0 aliphatic carbocycles. The first kappa shape index (κ1) is 14.9. The Bertz CT molecular complexity index is 551. The van der Waals surface area contributed by atoms with Gasteiger partial charge in [0.25, 0.3) is 0 Å². The molecule has 0 aliphatic heterocycles. The summed E-state index contributed by atoms with van der Waals surface area (Å²) in [6.45, 7) is 4.78. The van der Waals surface area contributed by atoms with Crippen LogP contribution in [0.3, 0.4) is 0 Å². The molecule has 0 aliphatic rings. The minimum Gasteiger partial charge on any atom is -0.383 e. The van der Waals surface area contributed by atoms with Crippen molar-refractivity contribution in [3.8, 4) is 0 Å². The number of hydrogen-bond donors (Lipinski definition) is 1. The van der Waals surface area contributed by atoms with Gasteiger partial charge in [0, 0.05) is 23.9 Å². The summed E-state index contributed by atoms with van der Waals surface area (Å²) in [4.78, 5) is 5.80. The first-order valence-electron chi connectivity index (χ1n) is 6.59. The predicted molar refractivity (Wildman–Crippen MR) is 85.1 cm³/mol. The van der Waals surface area contributed by atoms with Crippen molar-refractivity contribution in [2.75, 3.05) is 25.3 Å². The summed E-state index contributed by atoms with van der Waals surface area (Å²) in [6.07, 6.45) is 4.12. The number of aryl methyl sites for hydroxylation is 1. The number of nitrogens with zero attached hydrogens (tertiary/aromatic N) is 2. The smallest absolute Gasteiger partial charge is 0.207 e. The van der Waals surface area contributed by atoms with Crippen molar-refractivity contribution >= 4 is 23.4 Å². The van der Waals surface area contributed by atoms with Gasteiger partial charge < -0.3 is 14.6 Å². The Labute approximate surface area is 124 Å². The zero-order chi connectivity index (χ0) is 14.5. The van der Waals surface area contributed by atoms with Crippen molar-refractivity contribution in [3.05, 3.63) is 36.2 Å².